The van der Waals surface area contributed by atoms with E-state index in [2.05, 4.69) is 0 Å². The minimum Gasteiger partial charge on any atom is -0.508 e. The lowest BCUT2D eigenvalue weighted by atomic mass is 9.78. The maximum absolute atomic E-state index is 11.5. The van der Waals surface area contributed by atoms with Crippen LogP contribution in [0.5, 0.6) is 5.75 Å². The van der Waals surface area contributed by atoms with Gasteiger partial charge in [-0.2, -0.15) is 0 Å². The van der Waals surface area contributed by atoms with Crippen LogP contribution in [0.4, 0.5) is 0 Å². The van der Waals surface area contributed by atoms with Crippen LogP contribution in [-0.4, -0.2) is 30.9 Å². The predicted octanol–water partition coefficient (Wildman–Crippen LogP) is 1.69. The highest BCUT2D eigenvalue weighted by atomic mass is 32.2. The van der Waals surface area contributed by atoms with Crippen molar-refractivity contribution in [2.75, 3.05) is 6.26 Å². The van der Waals surface area contributed by atoms with Crippen molar-refractivity contribution in [2.45, 2.75) is 36.0 Å². The number of phenolic OH excluding ortho intramolecular Hbond substituents is 1. The first-order valence-corrected chi connectivity index (χ1v) is 7.93. The molecule has 1 aromatic carbocycles. The molecule has 5 nitrogen and oxygen atoms in total. The second-order valence-corrected chi connectivity index (χ2v) is 7.06. The molecule has 1 aromatic rings. The SMILES string of the molecule is CS(=O)(=O)c1ccc(C2(C(=O)O)CCCC2)c(O)c1. The third-order valence-corrected chi connectivity index (χ3v) is 4.89. The molecule has 104 valence electrons. The van der Waals surface area contributed by atoms with Crippen LogP contribution >= 0.6 is 0 Å². The number of benzene rings is 1. The summed E-state index contributed by atoms with van der Waals surface area (Å²) in [5.41, 5.74) is -0.773. The van der Waals surface area contributed by atoms with Gasteiger partial charge in [0.1, 0.15) is 5.75 Å². The number of phenols is 1. The van der Waals surface area contributed by atoms with Gasteiger partial charge in [0.25, 0.3) is 0 Å². The summed E-state index contributed by atoms with van der Waals surface area (Å²) < 4.78 is 22.8. The number of aliphatic carboxylic acids is 1. The van der Waals surface area contributed by atoms with E-state index in [9.17, 15) is 23.4 Å². The summed E-state index contributed by atoms with van der Waals surface area (Å²) in [5.74, 6) is -1.22. The average molecular weight is 284 g/mol. The first kappa shape index (κ1) is 13.9. The first-order valence-electron chi connectivity index (χ1n) is 6.04. The van der Waals surface area contributed by atoms with E-state index in [1.54, 1.807) is 0 Å². The largest absolute Gasteiger partial charge is 0.508 e. The number of carboxylic acids is 1. The second kappa shape index (κ2) is 4.52. The van der Waals surface area contributed by atoms with Crippen molar-refractivity contribution in [3.63, 3.8) is 0 Å². The van der Waals surface area contributed by atoms with Crippen LogP contribution in [0, 0.1) is 0 Å². The molecule has 0 atom stereocenters. The van der Waals surface area contributed by atoms with Crippen molar-refractivity contribution >= 4 is 15.8 Å². The Hall–Kier alpha value is -1.56. The zero-order valence-corrected chi connectivity index (χ0v) is 11.4. The van der Waals surface area contributed by atoms with E-state index >= 15 is 0 Å². The standard InChI is InChI=1S/C13H16O5S/c1-19(17,18)9-4-5-10(11(14)8-9)13(12(15)16)6-2-3-7-13/h4-5,8,14H,2-3,6-7H2,1H3,(H,15,16). The number of sulfone groups is 1. The molecule has 1 aliphatic carbocycles. The van der Waals surface area contributed by atoms with Gasteiger partial charge >= 0.3 is 5.97 Å². The Morgan fingerprint density at radius 1 is 1.26 bits per heavy atom. The van der Waals surface area contributed by atoms with Crippen LogP contribution in [0.1, 0.15) is 31.2 Å². The Kier molecular flexibility index (Phi) is 3.30. The van der Waals surface area contributed by atoms with E-state index < -0.39 is 21.2 Å². The number of carbonyl (C=O) groups is 1. The lowest BCUT2D eigenvalue weighted by Crippen LogP contribution is -2.32. The summed E-state index contributed by atoms with van der Waals surface area (Å²) in [6.07, 6.45) is 3.56. The van der Waals surface area contributed by atoms with Crippen LogP contribution in [-0.2, 0) is 20.0 Å². The van der Waals surface area contributed by atoms with Gasteiger partial charge in [0.2, 0.25) is 0 Å². The molecule has 6 heteroatoms. The van der Waals surface area contributed by atoms with Gasteiger partial charge in [-0.25, -0.2) is 8.42 Å². The quantitative estimate of drug-likeness (QED) is 0.881. The minimum atomic E-state index is -3.41. The molecule has 1 fully saturated rings. The molecule has 2 rings (SSSR count). The zero-order valence-electron chi connectivity index (χ0n) is 10.6. The van der Waals surface area contributed by atoms with Gasteiger partial charge in [-0.3, -0.25) is 4.79 Å². The van der Waals surface area contributed by atoms with Crippen molar-refractivity contribution < 1.29 is 23.4 Å². The van der Waals surface area contributed by atoms with Gasteiger partial charge in [0.05, 0.1) is 10.3 Å². The monoisotopic (exact) mass is 284 g/mol. The van der Waals surface area contributed by atoms with Gasteiger partial charge < -0.3 is 10.2 Å². The lowest BCUT2D eigenvalue weighted by Gasteiger charge is -2.25. The number of aromatic hydroxyl groups is 1. The van der Waals surface area contributed by atoms with Gasteiger partial charge in [-0.15, -0.1) is 0 Å². The van der Waals surface area contributed by atoms with Crippen molar-refractivity contribution in [1.82, 2.24) is 0 Å². The van der Waals surface area contributed by atoms with Crippen LogP contribution < -0.4 is 0 Å². The van der Waals surface area contributed by atoms with Gasteiger partial charge in [-0.1, -0.05) is 18.9 Å². The maximum atomic E-state index is 11.5. The number of carboxylic acid groups (broad SMARTS) is 1. The topological polar surface area (TPSA) is 91.7 Å². The van der Waals surface area contributed by atoms with Crippen LogP contribution in [0.2, 0.25) is 0 Å². The van der Waals surface area contributed by atoms with Crippen LogP contribution in [0.25, 0.3) is 0 Å². The summed E-state index contributed by atoms with van der Waals surface area (Å²) in [6.45, 7) is 0. The maximum Gasteiger partial charge on any atom is 0.314 e. The zero-order chi connectivity index (χ0) is 14.3. The molecule has 0 heterocycles. The third-order valence-electron chi connectivity index (χ3n) is 3.78. The Morgan fingerprint density at radius 3 is 2.26 bits per heavy atom. The van der Waals surface area contributed by atoms with E-state index in [-0.39, 0.29) is 10.6 Å². The van der Waals surface area contributed by atoms with Crippen LogP contribution in [0.3, 0.4) is 0 Å². The second-order valence-electron chi connectivity index (χ2n) is 5.05. The minimum absolute atomic E-state index is 0.00714. The van der Waals surface area contributed by atoms with E-state index in [0.29, 0.717) is 18.4 Å². The highest BCUT2D eigenvalue weighted by molar-refractivity contribution is 7.90. The van der Waals surface area contributed by atoms with E-state index in [1.807, 2.05) is 0 Å². The van der Waals surface area contributed by atoms with Crippen molar-refractivity contribution in [3.05, 3.63) is 23.8 Å². The van der Waals surface area contributed by atoms with E-state index in [1.165, 1.54) is 12.1 Å². The third kappa shape index (κ3) is 2.32. The van der Waals surface area contributed by atoms with Gasteiger partial charge in [0, 0.05) is 11.8 Å². The predicted molar refractivity (Wildman–Crippen MR) is 69.0 cm³/mol. The Labute approximate surface area is 111 Å². The summed E-state index contributed by atoms with van der Waals surface area (Å²) >= 11 is 0. The smallest absolute Gasteiger partial charge is 0.314 e. The molecule has 1 saturated carbocycles. The number of rotatable bonds is 3. The fourth-order valence-electron chi connectivity index (χ4n) is 2.72. The van der Waals surface area contributed by atoms with Crippen molar-refractivity contribution in [3.8, 4) is 5.75 Å². The highest BCUT2D eigenvalue weighted by Gasteiger charge is 2.44. The molecule has 0 aliphatic heterocycles. The summed E-state index contributed by atoms with van der Waals surface area (Å²) in [5, 5.41) is 19.4. The van der Waals surface area contributed by atoms with Crippen molar-refractivity contribution in [2.24, 2.45) is 0 Å². The van der Waals surface area contributed by atoms with Crippen LogP contribution in [0.15, 0.2) is 23.1 Å². The molecule has 0 saturated heterocycles. The lowest BCUT2D eigenvalue weighted by molar-refractivity contribution is -0.143. The van der Waals surface area contributed by atoms with E-state index in [4.69, 9.17) is 0 Å². The molecule has 0 aromatic heterocycles. The molecular weight excluding hydrogens is 268 g/mol. The van der Waals surface area contributed by atoms with E-state index in [0.717, 1.165) is 25.2 Å². The molecule has 0 bridgehead atoms. The fourth-order valence-corrected chi connectivity index (χ4v) is 3.36. The Bertz CT molecular complexity index is 612. The molecule has 0 amide bonds. The van der Waals surface area contributed by atoms with Crippen molar-refractivity contribution in [1.29, 1.82) is 0 Å². The molecule has 0 radical (unpaired) electrons. The van der Waals surface area contributed by atoms with Gasteiger partial charge in [-0.05, 0) is 25.0 Å². The Morgan fingerprint density at radius 2 is 1.84 bits per heavy atom. The highest BCUT2D eigenvalue weighted by Crippen LogP contribution is 2.45. The normalized spacial score (nSPS) is 18.4. The summed E-state index contributed by atoms with van der Waals surface area (Å²) in [6, 6.07) is 3.91. The molecular formula is C13H16O5S. The molecule has 0 unspecified atom stereocenters. The number of hydrogen-bond donors (Lipinski definition) is 2. The summed E-state index contributed by atoms with van der Waals surface area (Å²) in [4.78, 5) is 11.5. The molecule has 2 N–H and O–H groups in total. The fraction of sp³-hybridized carbons (Fsp3) is 0.462. The Balaban J connectivity index is 2.55. The molecule has 19 heavy (non-hydrogen) atoms. The first-order chi connectivity index (χ1) is 8.77. The summed E-state index contributed by atoms with van der Waals surface area (Å²) in [7, 11) is -3.41. The number of hydrogen-bond acceptors (Lipinski definition) is 4. The average Bonchev–Trinajstić information content (AvgIpc) is 2.77. The van der Waals surface area contributed by atoms with Gasteiger partial charge in [0.15, 0.2) is 9.84 Å². The molecule has 0 spiro atoms. The molecule has 1 aliphatic rings.